The van der Waals surface area contributed by atoms with Crippen LogP contribution in [0.25, 0.3) is 0 Å². The minimum Gasteiger partial charge on any atom is -0.504 e. The van der Waals surface area contributed by atoms with Crippen molar-refractivity contribution in [3.8, 4) is 11.5 Å². The summed E-state index contributed by atoms with van der Waals surface area (Å²) < 4.78 is 0. The van der Waals surface area contributed by atoms with E-state index in [9.17, 15) is 15.0 Å². The van der Waals surface area contributed by atoms with Gasteiger partial charge < -0.3 is 10.2 Å². The Hall–Kier alpha value is -1.55. The van der Waals surface area contributed by atoms with Crippen LogP contribution in [0.2, 0.25) is 0 Å². The van der Waals surface area contributed by atoms with E-state index in [1.807, 2.05) is 7.05 Å². The number of carbonyl (C=O) groups is 1. The predicted octanol–water partition coefficient (Wildman–Crippen LogP) is 1.76. The molecule has 0 radical (unpaired) electrons. The molecule has 0 aliphatic heterocycles. The maximum absolute atomic E-state index is 11.9. The van der Waals surface area contributed by atoms with E-state index in [1.54, 1.807) is 0 Å². The summed E-state index contributed by atoms with van der Waals surface area (Å²) in [6.45, 7) is 0.356. The van der Waals surface area contributed by atoms with Crippen molar-refractivity contribution >= 4 is 5.78 Å². The van der Waals surface area contributed by atoms with E-state index in [0.717, 1.165) is 12.8 Å². The van der Waals surface area contributed by atoms with E-state index in [0.29, 0.717) is 18.2 Å². The van der Waals surface area contributed by atoms with Crippen molar-refractivity contribution in [2.45, 2.75) is 25.3 Å². The molecule has 0 atom stereocenters. The fraction of sp³-hybridized carbons (Fsp3) is 0.462. The van der Waals surface area contributed by atoms with Crippen molar-refractivity contribution in [2.75, 3.05) is 13.6 Å². The Labute approximate surface area is 100 Å². The van der Waals surface area contributed by atoms with E-state index in [1.165, 1.54) is 24.6 Å². The number of Topliss-reactive ketones (excluding diaryl/α,β-unsaturated/α-hetero) is 1. The molecule has 0 heterocycles. The topological polar surface area (TPSA) is 60.8 Å². The quantitative estimate of drug-likeness (QED) is 0.616. The zero-order valence-corrected chi connectivity index (χ0v) is 9.89. The smallest absolute Gasteiger partial charge is 0.176 e. The summed E-state index contributed by atoms with van der Waals surface area (Å²) in [6.07, 6.45) is 3.55. The van der Waals surface area contributed by atoms with Gasteiger partial charge in [-0.25, -0.2) is 0 Å². The normalized spacial score (nSPS) is 15.9. The molecule has 1 aromatic carbocycles. The van der Waals surface area contributed by atoms with Gasteiger partial charge >= 0.3 is 0 Å². The number of nitrogens with zero attached hydrogens (tertiary/aromatic N) is 1. The van der Waals surface area contributed by atoms with Crippen LogP contribution in [-0.2, 0) is 0 Å². The summed E-state index contributed by atoms with van der Waals surface area (Å²) in [5.41, 5.74) is 0.437. The van der Waals surface area contributed by atoms with Crippen molar-refractivity contribution < 1.29 is 15.0 Å². The lowest BCUT2D eigenvalue weighted by atomic mass is 9.91. The molecular weight excluding hydrogens is 218 g/mol. The van der Waals surface area contributed by atoms with Gasteiger partial charge in [-0.05, 0) is 38.1 Å². The number of hydrogen-bond donors (Lipinski definition) is 2. The molecule has 1 aliphatic rings. The lowest BCUT2D eigenvalue weighted by Crippen LogP contribution is -2.40. The molecule has 92 valence electrons. The highest BCUT2D eigenvalue weighted by atomic mass is 16.3. The average Bonchev–Trinajstić information content (AvgIpc) is 2.19. The molecule has 1 fully saturated rings. The number of hydrogen-bond acceptors (Lipinski definition) is 4. The maximum Gasteiger partial charge on any atom is 0.176 e. The van der Waals surface area contributed by atoms with Gasteiger partial charge in [-0.1, -0.05) is 6.42 Å². The highest BCUT2D eigenvalue weighted by Gasteiger charge is 2.23. The molecule has 1 aromatic rings. The molecule has 1 saturated carbocycles. The summed E-state index contributed by atoms with van der Waals surface area (Å²) in [6, 6.07) is 4.70. The third-order valence-electron chi connectivity index (χ3n) is 3.39. The van der Waals surface area contributed by atoms with Crippen LogP contribution in [0.15, 0.2) is 18.2 Å². The van der Waals surface area contributed by atoms with Gasteiger partial charge in [0, 0.05) is 11.6 Å². The first-order valence-corrected chi connectivity index (χ1v) is 5.83. The largest absolute Gasteiger partial charge is 0.504 e. The van der Waals surface area contributed by atoms with Crippen LogP contribution in [0.4, 0.5) is 0 Å². The molecular formula is C13H17NO3. The first kappa shape index (κ1) is 11.9. The van der Waals surface area contributed by atoms with Gasteiger partial charge in [-0.15, -0.1) is 0 Å². The summed E-state index contributed by atoms with van der Waals surface area (Å²) >= 11 is 0. The van der Waals surface area contributed by atoms with Crippen LogP contribution in [0.1, 0.15) is 29.6 Å². The number of phenols is 2. The van der Waals surface area contributed by atoms with Crippen LogP contribution < -0.4 is 0 Å². The molecule has 4 nitrogen and oxygen atoms in total. The van der Waals surface area contributed by atoms with E-state index in [4.69, 9.17) is 0 Å². The van der Waals surface area contributed by atoms with E-state index >= 15 is 0 Å². The molecule has 17 heavy (non-hydrogen) atoms. The SMILES string of the molecule is CN(CC(=O)c1ccc(O)c(O)c1)C1CCC1. The number of carbonyl (C=O) groups excluding carboxylic acids is 1. The van der Waals surface area contributed by atoms with Crippen LogP contribution in [0, 0.1) is 0 Å². The minimum absolute atomic E-state index is 0.0327. The van der Waals surface area contributed by atoms with Crippen LogP contribution in [0.5, 0.6) is 11.5 Å². The number of phenolic OH excluding ortho intramolecular Hbond substituents is 2. The lowest BCUT2D eigenvalue weighted by molar-refractivity contribution is 0.0870. The Morgan fingerprint density at radius 1 is 1.35 bits per heavy atom. The molecule has 0 spiro atoms. The van der Waals surface area contributed by atoms with Crippen molar-refractivity contribution in [1.29, 1.82) is 0 Å². The predicted molar refractivity (Wildman–Crippen MR) is 64.4 cm³/mol. The van der Waals surface area contributed by atoms with Gasteiger partial charge in [-0.2, -0.15) is 0 Å². The highest BCUT2D eigenvalue weighted by Crippen LogP contribution is 2.26. The standard InChI is InChI=1S/C13H17NO3/c1-14(10-3-2-4-10)8-13(17)9-5-6-11(15)12(16)7-9/h5-7,10,15-16H,2-4,8H2,1H3. The van der Waals surface area contributed by atoms with Gasteiger partial charge in [0.25, 0.3) is 0 Å². The van der Waals surface area contributed by atoms with Crippen molar-refractivity contribution in [1.82, 2.24) is 4.90 Å². The van der Waals surface area contributed by atoms with Crippen LogP contribution in [-0.4, -0.2) is 40.5 Å². The number of benzene rings is 1. The zero-order valence-electron chi connectivity index (χ0n) is 9.89. The fourth-order valence-corrected chi connectivity index (χ4v) is 1.97. The number of likely N-dealkylation sites (N-methyl/N-ethyl adjacent to an activating group) is 1. The molecule has 0 unspecified atom stereocenters. The van der Waals surface area contributed by atoms with E-state index < -0.39 is 0 Å². The van der Waals surface area contributed by atoms with E-state index in [2.05, 4.69) is 4.90 Å². The van der Waals surface area contributed by atoms with Crippen molar-refractivity contribution in [3.05, 3.63) is 23.8 Å². The second-order valence-corrected chi connectivity index (χ2v) is 4.63. The lowest BCUT2D eigenvalue weighted by Gasteiger charge is -2.34. The summed E-state index contributed by atoms with van der Waals surface area (Å²) in [4.78, 5) is 14.0. The monoisotopic (exact) mass is 235 g/mol. The Morgan fingerprint density at radius 2 is 2.06 bits per heavy atom. The van der Waals surface area contributed by atoms with Gasteiger partial charge in [-0.3, -0.25) is 9.69 Å². The zero-order chi connectivity index (χ0) is 12.4. The number of ketones is 1. The molecule has 0 aromatic heterocycles. The average molecular weight is 235 g/mol. The van der Waals surface area contributed by atoms with E-state index in [-0.39, 0.29) is 17.3 Å². The summed E-state index contributed by atoms with van der Waals surface area (Å²) in [7, 11) is 1.95. The molecule has 2 rings (SSSR count). The summed E-state index contributed by atoms with van der Waals surface area (Å²) in [5, 5.41) is 18.5. The third kappa shape index (κ3) is 2.58. The molecule has 2 N–H and O–H groups in total. The first-order chi connectivity index (χ1) is 8.08. The summed E-state index contributed by atoms with van der Waals surface area (Å²) in [5.74, 6) is -0.481. The van der Waals surface area contributed by atoms with Gasteiger partial charge in [0.05, 0.1) is 6.54 Å². The molecule has 0 amide bonds. The fourth-order valence-electron chi connectivity index (χ4n) is 1.97. The first-order valence-electron chi connectivity index (χ1n) is 5.83. The highest BCUT2D eigenvalue weighted by molar-refractivity contribution is 5.98. The Bertz CT molecular complexity index is 427. The number of aromatic hydroxyl groups is 2. The number of rotatable bonds is 4. The third-order valence-corrected chi connectivity index (χ3v) is 3.39. The Morgan fingerprint density at radius 3 is 2.59 bits per heavy atom. The van der Waals surface area contributed by atoms with Crippen molar-refractivity contribution in [2.24, 2.45) is 0 Å². The van der Waals surface area contributed by atoms with Crippen LogP contribution >= 0.6 is 0 Å². The minimum atomic E-state index is -0.248. The Kier molecular flexibility index (Phi) is 3.33. The van der Waals surface area contributed by atoms with Crippen LogP contribution in [0.3, 0.4) is 0 Å². The molecule has 4 heteroatoms. The second-order valence-electron chi connectivity index (χ2n) is 4.63. The van der Waals surface area contributed by atoms with Crippen molar-refractivity contribution in [3.63, 3.8) is 0 Å². The molecule has 0 bridgehead atoms. The molecule has 0 saturated heterocycles. The Balaban J connectivity index is 2.01. The van der Waals surface area contributed by atoms with Gasteiger partial charge in [0.1, 0.15) is 0 Å². The second kappa shape index (κ2) is 4.75. The maximum atomic E-state index is 11.9. The van der Waals surface area contributed by atoms with Gasteiger partial charge in [0.2, 0.25) is 0 Å². The van der Waals surface area contributed by atoms with Gasteiger partial charge in [0.15, 0.2) is 17.3 Å². The molecule has 1 aliphatic carbocycles.